The third-order valence-electron chi connectivity index (χ3n) is 3.38. The van der Waals surface area contributed by atoms with Crippen LogP contribution in [0.5, 0.6) is 0 Å². The van der Waals surface area contributed by atoms with Gasteiger partial charge in [-0.3, -0.25) is 4.79 Å². The van der Waals surface area contributed by atoms with Gasteiger partial charge >= 0.3 is 0 Å². The molecule has 0 bridgehead atoms. The quantitative estimate of drug-likeness (QED) is 0.599. The molecule has 1 heterocycles. The molecule has 0 fully saturated rings. The van der Waals surface area contributed by atoms with E-state index in [4.69, 9.17) is 34.8 Å². The molecule has 23 heavy (non-hydrogen) atoms. The zero-order chi connectivity index (χ0) is 16.4. The standard InChI is InChI=1S/C17H11Cl3N2O/c18-14-3-1-2-12(8-14)11-4-6-15(7-5-11)22-17(20)13(10-21-22)9-16(19)23/h1-8,10H,9H2. The highest BCUT2D eigenvalue weighted by Crippen LogP contribution is 2.26. The predicted molar refractivity (Wildman–Crippen MR) is 93.6 cm³/mol. The highest BCUT2D eigenvalue weighted by Gasteiger charge is 2.12. The monoisotopic (exact) mass is 364 g/mol. The number of nitrogens with zero attached hydrogens (tertiary/aromatic N) is 2. The van der Waals surface area contributed by atoms with Crippen LogP contribution in [0.15, 0.2) is 54.7 Å². The van der Waals surface area contributed by atoms with Gasteiger partial charge in [-0.05, 0) is 47.0 Å². The van der Waals surface area contributed by atoms with Gasteiger partial charge in [-0.25, -0.2) is 4.68 Å². The minimum absolute atomic E-state index is 0.0565. The molecule has 3 nitrogen and oxygen atoms in total. The summed E-state index contributed by atoms with van der Waals surface area (Å²) in [4.78, 5) is 11.0. The van der Waals surface area contributed by atoms with Crippen molar-refractivity contribution in [3.63, 3.8) is 0 Å². The van der Waals surface area contributed by atoms with Crippen molar-refractivity contribution in [2.45, 2.75) is 6.42 Å². The largest absolute Gasteiger partial charge is 0.281 e. The first-order chi connectivity index (χ1) is 11.0. The Morgan fingerprint density at radius 2 is 1.78 bits per heavy atom. The number of benzene rings is 2. The Bertz CT molecular complexity index is 857. The summed E-state index contributed by atoms with van der Waals surface area (Å²) >= 11 is 17.7. The molecule has 0 atom stereocenters. The molecule has 2 aromatic carbocycles. The van der Waals surface area contributed by atoms with Crippen molar-refractivity contribution in [3.05, 3.63) is 70.5 Å². The number of hydrogen-bond donors (Lipinski definition) is 0. The SMILES string of the molecule is O=C(Cl)Cc1cnn(-c2ccc(-c3cccc(Cl)c3)cc2)c1Cl. The second-order valence-corrected chi connectivity index (χ2v) is 6.18. The Labute approximate surface area is 148 Å². The van der Waals surface area contributed by atoms with Crippen molar-refractivity contribution in [1.82, 2.24) is 9.78 Å². The fourth-order valence-corrected chi connectivity index (χ4v) is 2.87. The Morgan fingerprint density at radius 3 is 2.43 bits per heavy atom. The van der Waals surface area contributed by atoms with E-state index >= 15 is 0 Å². The third kappa shape index (κ3) is 3.58. The lowest BCUT2D eigenvalue weighted by Gasteiger charge is -2.06. The second kappa shape index (κ2) is 6.75. The number of aromatic nitrogens is 2. The van der Waals surface area contributed by atoms with Crippen molar-refractivity contribution < 1.29 is 4.79 Å². The molecule has 1 aromatic heterocycles. The lowest BCUT2D eigenvalue weighted by atomic mass is 10.1. The first-order valence-electron chi connectivity index (χ1n) is 6.81. The van der Waals surface area contributed by atoms with E-state index in [1.165, 1.54) is 0 Å². The fraction of sp³-hybridized carbons (Fsp3) is 0.0588. The Hall–Kier alpha value is -1.81. The summed E-state index contributed by atoms with van der Waals surface area (Å²) < 4.78 is 1.57. The molecule has 0 unspecified atom stereocenters. The molecule has 0 radical (unpaired) electrons. The first kappa shape index (κ1) is 16.1. The number of hydrogen-bond acceptors (Lipinski definition) is 2. The summed E-state index contributed by atoms with van der Waals surface area (Å²) in [6.45, 7) is 0. The van der Waals surface area contributed by atoms with Crippen LogP contribution >= 0.6 is 34.8 Å². The fourth-order valence-electron chi connectivity index (χ4n) is 2.28. The van der Waals surface area contributed by atoms with E-state index in [1.54, 1.807) is 10.9 Å². The first-order valence-corrected chi connectivity index (χ1v) is 7.95. The second-order valence-electron chi connectivity index (χ2n) is 4.96. The maximum atomic E-state index is 11.0. The Kier molecular flexibility index (Phi) is 4.71. The molecule has 0 N–H and O–H groups in total. The molecule has 0 saturated heterocycles. The summed E-state index contributed by atoms with van der Waals surface area (Å²) in [5.74, 6) is 0. The van der Waals surface area contributed by atoms with Crippen LogP contribution in [0, 0.1) is 0 Å². The number of carbonyl (C=O) groups excluding carboxylic acids is 1. The molecule has 116 valence electrons. The minimum atomic E-state index is -0.470. The van der Waals surface area contributed by atoms with E-state index in [9.17, 15) is 4.79 Å². The van der Waals surface area contributed by atoms with E-state index in [-0.39, 0.29) is 6.42 Å². The van der Waals surface area contributed by atoms with Crippen molar-refractivity contribution in [3.8, 4) is 16.8 Å². The van der Waals surface area contributed by atoms with Gasteiger partial charge < -0.3 is 0 Å². The number of rotatable bonds is 4. The molecule has 0 spiro atoms. The van der Waals surface area contributed by atoms with Crippen LogP contribution in [-0.4, -0.2) is 15.0 Å². The maximum Gasteiger partial charge on any atom is 0.226 e. The highest BCUT2D eigenvalue weighted by molar-refractivity contribution is 6.63. The van der Waals surface area contributed by atoms with Crippen molar-refractivity contribution in [1.29, 1.82) is 0 Å². The van der Waals surface area contributed by atoms with Crippen molar-refractivity contribution >= 4 is 40.0 Å². The van der Waals surface area contributed by atoms with Crippen LogP contribution in [0.25, 0.3) is 16.8 Å². The number of halogens is 3. The van der Waals surface area contributed by atoms with Gasteiger partial charge in [-0.15, -0.1) is 0 Å². The van der Waals surface area contributed by atoms with Crippen molar-refractivity contribution in [2.24, 2.45) is 0 Å². The van der Waals surface area contributed by atoms with Crippen LogP contribution in [0.1, 0.15) is 5.56 Å². The van der Waals surface area contributed by atoms with Gasteiger partial charge in [-0.2, -0.15) is 5.10 Å². The lowest BCUT2D eigenvalue weighted by molar-refractivity contribution is -0.111. The summed E-state index contributed by atoms with van der Waals surface area (Å²) in [5, 5.41) is 4.81. The minimum Gasteiger partial charge on any atom is -0.281 e. The van der Waals surface area contributed by atoms with Gasteiger partial charge in [-0.1, -0.05) is 47.5 Å². The highest BCUT2D eigenvalue weighted by atomic mass is 35.5. The molecule has 0 saturated carbocycles. The third-order valence-corrected chi connectivity index (χ3v) is 4.15. The summed E-state index contributed by atoms with van der Waals surface area (Å²) in [6.07, 6.45) is 1.61. The molecule has 0 amide bonds. The Balaban J connectivity index is 1.91. The van der Waals surface area contributed by atoms with Crippen LogP contribution in [0.4, 0.5) is 0 Å². The molecule has 0 aliphatic heterocycles. The van der Waals surface area contributed by atoms with Gasteiger partial charge in [0.15, 0.2) is 0 Å². The van der Waals surface area contributed by atoms with Crippen LogP contribution in [0.3, 0.4) is 0 Å². The average Bonchev–Trinajstić information content (AvgIpc) is 2.88. The molecule has 3 rings (SSSR count). The zero-order valence-electron chi connectivity index (χ0n) is 11.8. The van der Waals surface area contributed by atoms with Gasteiger partial charge in [0.05, 0.1) is 18.3 Å². The normalized spacial score (nSPS) is 10.7. The van der Waals surface area contributed by atoms with Gasteiger partial charge in [0.2, 0.25) is 5.24 Å². The molecular formula is C17H11Cl3N2O. The van der Waals surface area contributed by atoms with Crippen LogP contribution < -0.4 is 0 Å². The van der Waals surface area contributed by atoms with Crippen LogP contribution in [0.2, 0.25) is 10.2 Å². The van der Waals surface area contributed by atoms with E-state index < -0.39 is 5.24 Å². The van der Waals surface area contributed by atoms with Gasteiger partial charge in [0, 0.05) is 10.6 Å². The maximum absolute atomic E-state index is 11.0. The molecule has 6 heteroatoms. The number of carbonyl (C=O) groups is 1. The molecule has 0 aliphatic carbocycles. The van der Waals surface area contributed by atoms with E-state index in [1.807, 2.05) is 48.5 Å². The summed E-state index contributed by atoms with van der Waals surface area (Å²) in [5.41, 5.74) is 3.47. The van der Waals surface area contributed by atoms with E-state index in [2.05, 4.69) is 5.10 Å². The average molecular weight is 366 g/mol. The van der Waals surface area contributed by atoms with Crippen LogP contribution in [-0.2, 0) is 11.2 Å². The predicted octanol–water partition coefficient (Wildman–Crippen LogP) is 5.15. The lowest BCUT2D eigenvalue weighted by Crippen LogP contribution is -1.97. The van der Waals surface area contributed by atoms with E-state index in [0.717, 1.165) is 16.8 Å². The van der Waals surface area contributed by atoms with Gasteiger partial charge in [0.25, 0.3) is 0 Å². The molecule has 3 aromatic rings. The summed E-state index contributed by atoms with van der Waals surface area (Å²) in [7, 11) is 0. The molecular weight excluding hydrogens is 355 g/mol. The Morgan fingerprint density at radius 1 is 1.04 bits per heavy atom. The smallest absolute Gasteiger partial charge is 0.226 e. The zero-order valence-corrected chi connectivity index (χ0v) is 14.1. The topological polar surface area (TPSA) is 34.9 Å². The van der Waals surface area contributed by atoms with Crippen molar-refractivity contribution in [2.75, 3.05) is 0 Å². The van der Waals surface area contributed by atoms with Gasteiger partial charge in [0.1, 0.15) is 5.15 Å². The summed E-state index contributed by atoms with van der Waals surface area (Å²) in [6, 6.07) is 15.4. The van der Waals surface area contributed by atoms with E-state index in [0.29, 0.717) is 15.7 Å². The molecule has 0 aliphatic rings.